The Bertz CT molecular complexity index is 1380. The zero-order valence-electron chi connectivity index (χ0n) is 18.8. The molecule has 2 aromatic heterocycles. The van der Waals surface area contributed by atoms with E-state index >= 15 is 0 Å². The summed E-state index contributed by atoms with van der Waals surface area (Å²) in [4.78, 5) is 42.0. The van der Waals surface area contributed by atoms with Gasteiger partial charge >= 0.3 is 6.09 Å². The fraction of sp³-hybridized carbons (Fsp3) is 0.182. The number of rotatable bonds is 5. The fourth-order valence-corrected chi connectivity index (χ4v) is 4.25. The first-order valence-electron chi connectivity index (χ1n) is 10.1. The van der Waals surface area contributed by atoms with Gasteiger partial charge in [0.15, 0.2) is 0 Å². The number of hydrogen-bond donors (Lipinski definition) is 3. The van der Waals surface area contributed by atoms with Gasteiger partial charge in [-0.3, -0.25) is 19.3 Å². The molecule has 0 spiro atoms. The molecule has 0 saturated heterocycles. The van der Waals surface area contributed by atoms with Crippen molar-refractivity contribution in [2.75, 3.05) is 11.9 Å². The van der Waals surface area contributed by atoms with Crippen molar-refractivity contribution in [2.24, 2.45) is 7.05 Å². The Morgan fingerprint density at radius 1 is 1.34 bits per heavy atom. The van der Waals surface area contributed by atoms with Crippen molar-refractivity contribution >= 4 is 51.1 Å². The normalized spacial score (nSPS) is 10.4. The molecule has 180 valence electrons. The quantitative estimate of drug-likeness (QED) is 0.399. The molecule has 0 aliphatic carbocycles. The zero-order valence-corrected chi connectivity index (χ0v) is 21.1. The van der Waals surface area contributed by atoms with Crippen molar-refractivity contribution in [2.45, 2.75) is 13.8 Å². The van der Waals surface area contributed by atoms with Crippen molar-refractivity contribution in [3.63, 3.8) is 0 Å². The number of carboxylic acid groups (broad SMARTS) is 1. The summed E-state index contributed by atoms with van der Waals surface area (Å²) >= 11 is 9.65. The van der Waals surface area contributed by atoms with E-state index in [9.17, 15) is 19.6 Å². The van der Waals surface area contributed by atoms with E-state index in [1.165, 1.54) is 23.0 Å². The van der Waals surface area contributed by atoms with Crippen LogP contribution < -0.4 is 10.7 Å². The second-order valence-corrected chi connectivity index (χ2v) is 8.38. The van der Waals surface area contributed by atoms with Crippen molar-refractivity contribution in [1.82, 2.24) is 25.2 Å². The van der Waals surface area contributed by atoms with E-state index in [2.05, 4.69) is 31.3 Å². The van der Waals surface area contributed by atoms with Gasteiger partial charge in [-0.2, -0.15) is 10.4 Å². The third-order valence-corrected chi connectivity index (χ3v) is 5.80. The van der Waals surface area contributed by atoms with Gasteiger partial charge in [-0.15, -0.1) is 0 Å². The second kappa shape index (κ2) is 10.5. The average Bonchev–Trinajstić information content (AvgIpc) is 3.11. The number of anilines is 1. The van der Waals surface area contributed by atoms with E-state index < -0.39 is 17.9 Å². The lowest BCUT2D eigenvalue weighted by Crippen LogP contribution is -2.45. The Balaban J connectivity index is 2.12. The van der Waals surface area contributed by atoms with Gasteiger partial charge in [0.1, 0.15) is 10.3 Å². The predicted octanol–water partition coefficient (Wildman–Crippen LogP) is 3.98. The predicted molar refractivity (Wildman–Crippen MR) is 131 cm³/mol. The molecular formula is C22H19BrClN7O4. The standard InChI is InChI=1S/C22H19BrClN7O4/c1-4-31(29-22(34)35)21(33)13-9-12(10-25)8-11(2)16(13)27-20(32)18-15(19(23)28-30(18)3)17-14(24)6-5-7-26-17/h5-9,29H,4H2,1-3H3,(H,27,32)(H,34,35). The van der Waals surface area contributed by atoms with Gasteiger partial charge in [-0.05, 0) is 59.6 Å². The highest BCUT2D eigenvalue weighted by Crippen LogP contribution is 2.35. The van der Waals surface area contributed by atoms with Crippen LogP contribution in [0.1, 0.15) is 38.9 Å². The number of nitriles is 1. The van der Waals surface area contributed by atoms with Crippen LogP contribution in [0.25, 0.3) is 11.3 Å². The van der Waals surface area contributed by atoms with Crippen LogP contribution in [0.3, 0.4) is 0 Å². The van der Waals surface area contributed by atoms with Crippen molar-refractivity contribution in [1.29, 1.82) is 5.26 Å². The number of hydrazine groups is 1. The molecule has 0 aliphatic rings. The molecule has 3 amide bonds. The van der Waals surface area contributed by atoms with Gasteiger partial charge in [-0.1, -0.05) is 11.6 Å². The minimum atomic E-state index is -1.43. The van der Waals surface area contributed by atoms with Gasteiger partial charge in [0.05, 0.1) is 39.2 Å². The lowest BCUT2D eigenvalue weighted by atomic mass is 10.0. The summed E-state index contributed by atoms with van der Waals surface area (Å²) in [5.74, 6) is -1.37. The maximum Gasteiger partial charge on any atom is 0.423 e. The molecule has 3 rings (SSSR count). The zero-order chi connectivity index (χ0) is 25.9. The number of nitrogens with zero attached hydrogens (tertiary/aromatic N) is 5. The summed E-state index contributed by atoms with van der Waals surface area (Å²) in [6.45, 7) is 3.19. The summed E-state index contributed by atoms with van der Waals surface area (Å²) in [7, 11) is 1.56. The fourth-order valence-electron chi connectivity index (χ4n) is 3.42. The van der Waals surface area contributed by atoms with Crippen molar-refractivity contribution in [3.05, 3.63) is 62.5 Å². The molecule has 0 fully saturated rings. The minimum absolute atomic E-state index is 0.00531. The van der Waals surface area contributed by atoms with Crippen molar-refractivity contribution in [3.8, 4) is 17.3 Å². The van der Waals surface area contributed by atoms with Gasteiger partial charge < -0.3 is 10.4 Å². The Morgan fingerprint density at radius 3 is 2.66 bits per heavy atom. The van der Waals surface area contributed by atoms with E-state index in [0.717, 1.165) is 5.01 Å². The summed E-state index contributed by atoms with van der Waals surface area (Å²) in [6, 6.07) is 8.02. The Hall–Kier alpha value is -3.95. The largest absolute Gasteiger partial charge is 0.464 e. The van der Waals surface area contributed by atoms with E-state index in [1.807, 2.05) is 11.5 Å². The van der Waals surface area contributed by atoms with Gasteiger partial charge in [0.25, 0.3) is 11.8 Å². The number of hydrogen-bond acceptors (Lipinski definition) is 6. The highest BCUT2D eigenvalue weighted by atomic mass is 79.9. The maximum absolute atomic E-state index is 13.5. The first-order chi connectivity index (χ1) is 16.6. The highest BCUT2D eigenvalue weighted by molar-refractivity contribution is 9.10. The van der Waals surface area contributed by atoms with E-state index in [1.54, 1.807) is 33.0 Å². The lowest BCUT2D eigenvalue weighted by molar-refractivity contribution is 0.0661. The van der Waals surface area contributed by atoms with E-state index in [4.69, 9.17) is 16.7 Å². The molecule has 3 N–H and O–H groups in total. The number of aryl methyl sites for hydroxylation is 2. The number of amides is 3. The van der Waals surface area contributed by atoms with Crippen LogP contribution in [0.4, 0.5) is 10.5 Å². The van der Waals surface area contributed by atoms with Gasteiger partial charge in [0.2, 0.25) is 0 Å². The van der Waals surface area contributed by atoms with Crippen LogP contribution in [0, 0.1) is 18.3 Å². The third kappa shape index (κ3) is 5.26. The molecule has 0 aliphatic heterocycles. The number of aromatic nitrogens is 3. The molecule has 35 heavy (non-hydrogen) atoms. The molecule has 0 unspecified atom stereocenters. The van der Waals surface area contributed by atoms with Gasteiger partial charge in [0, 0.05) is 19.8 Å². The maximum atomic E-state index is 13.5. The lowest BCUT2D eigenvalue weighted by Gasteiger charge is -2.22. The number of pyridine rings is 1. The highest BCUT2D eigenvalue weighted by Gasteiger charge is 2.28. The average molecular weight is 561 g/mol. The molecule has 13 heteroatoms. The molecule has 0 radical (unpaired) electrons. The molecule has 11 nitrogen and oxygen atoms in total. The van der Waals surface area contributed by atoms with Crippen LogP contribution in [0.15, 0.2) is 35.1 Å². The molecule has 0 atom stereocenters. The van der Waals surface area contributed by atoms with Crippen LogP contribution in [0.2, 0.25) is 5.02 Å². The summed E-state index contributed by atoms with van der Waals surface area (Å²) in [6.07, 6.45) is 0.0918. The number of halogens is 2. The van der Waals surface area contributed by atoms with Crippen LogP contribution in [-0.2, 0) is 7.05 Å². The monoisotopic (exact) mass is 559 g/mol. The minimum Gasteiger partial charge on any atom is -0.464 e. The summed E-state index contributed by atoms with van der Waals surface area (Å²) in [5.41, 5.74) is 3.42. The SMILES string of the molecule is CCN(NC(=O)O)C(=O)c1cc(C#N)cc(C)c1NC(=O)c1c(-c2ncccc2Cl)c(Br)nn1C. The Labute approximate surface area is 213 Å². The number of carbonyl (C=O) groups is 3. The van der Waals surface area contributed by atoms with Crippen LogP contribution >= 0.6 is 27.5 Å². The molecule has 2 heterocycles. The summed E-state index contributed by atoms with van der Waals surface area (Å²) < 4.78 is 1.67. The molecular weight excluding hydrogens is 542 g/mol. The smallest absolute Gasteiger partial charge is 0.423 e. The van der Waals surface area contributed by atoms with Crippen molar-refractivity contribution < 1.29 is 19.5 Å². The summed E-state index contributed by atoms with van der Waals surface area (Å²) in [5, 5.41) is 26.6. The number of nitrogens with one attached hydrogen (secondary N) is 2. The third-order valence-electron chi connectivity index (χ3n) is 4.94. The van der Waals surface area contributed by atoms with Crippen LogP contribution in [0.5, 0.6) is 0 Å². The topological polar surface area (TPSA) is 153 Å². The Kier molecular flexibility index (Phi) is 7.73. The molecule has 3 aromatic rings. The first kappa shape index (κ1) is 25.7. The molecule has 0 bridgehead atoms. The number of carbonyl (C=O) groups excluding carboxylic acids is 2. The molecule has 1 aromatic carbocycles. The number of benzene rings is 1. The first-order valence-corrected chi connectivity index (χ1v) is 11.3. The Morgan fingerprint density at radius 2 is 2.06 bits per heavy atom. The molecule has 0 saturated carbocycles. The second-order valence-electron chi connectivity index (χ2n) is 7.22. The van der Waals surface area contributed by atoms with E-state index in [-0.39, 0.29) is 29.1 Å². The van der Waals surface area contributed by atoms with Gasteiger partial charge in [-0.25, -0.2) is 15.2 Å². The van der Waals surface area contributed by atoms with Crippen LogP contribution in [-0.4, -0.2) is 49.3 Å². The van der Waals surface area contributed by atoms with E-state index in [0.29, 0.717) is 26.4 Å².